The molecule has 27 heavy (non-hydrogen) atoms. The van der Waals surface area contributed by atoms with Crippen LogP contribution in [0.15, 0.2) is 84.9 Å². The van der Waals surface area contributed by atoms with Crippen molar-refractivity contribution in [2.45, 2.75) is 0 Å². The van der Waals surface area contributed by atoms with Gasteiger partial charge in [-0.3, -0.25) is 0 Å². The summed E-state index contributed by atoms with van der Waals surface area (Å²) in [5.41, 5.74) is 3.77. The summed E-state index contributed by atoms with van der Waals surface area (Å²) in [6.07, 6.45) is 0. The van der Waals surface area contributed by atoms with Gasteiger partial charge in [0.25, 0.3) is 0 Å². The van der Waals surface area contributed by atoms with E-state index in [1.165, 1.54) is 0 Å². The zero-order chi connectivity index (χ0) is 18.8. The lowest BCUT2D eigenvalue weighted by molar-refractivity contribution is 0.0696. The van der Waals surface area contributed by atoms with Gasteiger partial charge in [-0.05, 0) is 28.1 Å². The summed E-state index contributed by atoms with van der Waals surface area (Å²) in [5.74, 6) is -0.634. The minimum absolute atomic E-state index is 0.174. The van der Waals surface area contributed by atoms with Gasteiger partial charge in [-0.2, -0.15) is 0 Å². The first kappa shape index (κ1) is 17.5. The Kier molecular flexibility index (Phi) is 4.81. The van der Waals surface area contributed by atoms with Crippen LogP contribution in [0.5, 0.6) is 5.75 Å². The van der Waals surface area contributed by atoms with Crippen LogP contribution in [0.2, 0.25) is 0 Å². The Morgan fingerprint density at radius 3 is 1.89 bits per heavy atom. The zero-order valence-electron chi connectivity index (χ0n) is 14.2. The van der Waals surface area contributed by atoms with Gasteiger partial charge in [-0.1, -0.05) is 78.9 Å². The van der Waals surface area contributed by atoms with Crippen molar-refractivity contribution in [1.29, 1.82) is 0 Å². The van der Waals surface area contributed by atoms with E-state index in [0.29, 0.717) is 11.3 Å². The first-order valence-electron chi connectivity index (χ1n) is 8.43. The number of hydrogen-bond donors (Lipinski definition) is 1. The largest absolute Gasteiger partial charge is 0.478 e. The van der Waals surface area contributed by atoms with Crippen LogP contribution >= 0.6 is 23.0 Å². The van der Waals surface area contributed by atoms with Crippen LogP contribution in [-0.2, 0) is 0 Å². The van der Waals surface area contributed by atoms with Crippen molar-refractivity contribution < 1.29 is 13.0 Å². The van der Waals surface area contributed by atoms with Crippen LogP contribution in [0.4, 0.5) is 0 Å². The second-order valence-corrected chi connectivity index (χ2v) is 6.58. The van der Waals surface area contributed by atoms with Gasteiger partial charge in [0, 0.05) is 10.9 Å². The topological polar surface area (TPSA) is 46.5 Å². The van der Waals surface area contributed by atoms with Crippen molar-refractivity contribution in [3.05, 3.63) is 90.5 Å². The molecule has 0 bridgehead atoms. The molecule has 1 N–H and O–H groups in total. The molecule has 0 fully saturated rings. The maximum absolute atomic E-state index is 12.1. The maximum atomic E-state index is 12.1. The average molecular weight is 466 g/mol. The van der Waals surface area contributed by atoms with Crippen molar-refractivity contribution in [2.75, 3.05) is 0 Å². The number of halogens is 1. The van der Waals surface area contributed by atoms with Gasteiger partial charge in [-0.25, -0.2) is 4.79 Å². The first-order valence-corrected chi connectivity index (χ1v) is 9.31. The van der Waals surface area contributed by atoms with Crippen LogP contribution in [0.3, 0.4) is 0 Å². The Morgan fingerprint density at radius 2 is 1.33 bits per heavy atom. The normalized spacial score (nSPS) is 10.7. The third-order valence-corrected chi connectivity index (χ3v) is 5.04. The van der Waals surface area contributed by atoms with Gasteiger partial charge < -0.3 is 8.17 Å². The summed E-state index contributed by atoms with van der Waals surface area (Å²) in [6, 6.07) is 27.4. The summed E-state index contributed by atoms with van der Waals surface area (Å²) in [5, 5.41) is 11.6. The predicted octanol–water partition coefficient (Wildman–Crippen LogP) is 6.60. The molecule has 0 aromatic heterocycles. The molecular formula is C23H15IO3. The number of aromatic carboxylic acids is 1. The standard InChI is InChI=1S/C23H15IO3/c24-27-22-18-13-7-12-17(15-8-3-1-4-9-15)20(18)14-19(21(22)23(25)26)16-10-5-2-6-11-16/h1-14H,(H,25,26). The third kappa shape index (κ3) is 3.17. The highest BCUT2D eigenvalue weighted by molar-refractivity contribution is 14.1. The second-order valence-electron chi connectivity index (χ2n) is 6.14. The van der Waals surface area contributed by atoms with Gasteiger partial charge in [0.2, 0.25) is 0 Å². The molecule has 4 heteroatoms. The molecule has 4 aromatic carbocycles. The smallest absolute Gasteiger partial charge is 0.340 e. The number of carboxylic acid groups (broad SMARTS) is 1. The van der Waals surface area contributed by atoms with E-state index in [9.17, 15) is 9.90 Å². The Hall–Kier alpha value is -2.86. The molecule has 4 rings (SSSR count). The zero-order valence-corrected chi connectivity index (χ0v) is 16.4. The molecule has 0 aliphatic heterocycles. The van der Waals surface area contributed by atoms with Gasteiger partial charge in [0.05, 0.1) is 0 Å². The molecule has 3 nitrogen and oxygen atoms in total. The van der Waals surface area contributed by atoms with Gasteiger partial charge >= 0.3 is 5.97 Å². The van der Waals surface area contributed by atoms with E-state index in [1.807, 2.05) is 84.9 Å². The van der Waals surface area contributed by atoms with E-state index in [0.717, 1.165) is 27.5 Å². The van der Waals surface area contributed by atoms with E-state index >= 15 is 0 Å². The minimum atomic E-state index is -1.01. The minimum Gasteiger partial charge on any atom is -0.478 e. The first-order chi connectivity index (χ1) is 13.2. The summed E-state index contributed by atoms with van der Waals surface area (Å²) in [7, 11) is 0. The predicted molar refractivity (Wildman–Crippen MR) is 116 cm³/mol. The molecule has 0 amide bonds. The molecule has 4 aromatic rings. The lowest BCUT2D eigenvalue weighted by Crippen LogP contribution is -2.03. The molecule has 0 spiro atoms. The van der Waals surface area contributed by atoms with Crippen molar-refractivity contribution in [3.63, 3.8) is 0 Å². The number of carboxylic acids is 1. The van der Waals surface area contributed by atoms with Crippen LogP contribution in [0, 0.1) is 0 Å². The summed E-state index contributed by atoms with van der Waals surface area (Å²) in [4.78, 5) is 12.1. The SMILES string of the molecule is O=C(O)c1c(-c2ccccc2)cc2c(-c3ccccc3)cccc2c1OI. The van der Waals surface area contributed by atoms with Crippen molar-refractivity contribution in [2.24, 2.45) is 0 Å². The van der Waals surface area contributed by atoms with Crippen molar-refractivity contribution in [3.8, 4) is 28.0 Å². The fraction of sp³-hybridized carbons (Fsp3) is 0. The Balaban J connectivity index is 2.13. The van der Waals surface area contributed by atoms with Crippen LogP contribution < -0.4 is 3.07 Å². The van der Waals surface area contributed by atoms with E-state index in [1.54, 1.807) is 23.0 Å². The molecule has 0 atom stereocenters. The molecule has 0 heterocycles. The number of carbonyl (C=O) groups is 1. The van der Waals surface area contributed by atoms with Gasteiger partial charge in [0.1, 0.15) is 5.56 Å². The maximum Gasteiger partial charge on any atom is 0.340 e. The Labute approximate surface area is 170 Å². The summed E-state index contributed by atoms with van der Waals surface area (Å²) >= 11 is 1.76. The van der Waals surface area contributed by atoms with Crippen LogP contribution in [-0.4, -0.2) is 11.1 Å². The lowest BCUT2D eigenvalue weighted by atomic mass is 9.90. The Morgan fingerprint density at radius 1 is 0.741 bits per heavy atom. The lowest BCUT2D eigenvalue weighted by Gasteiger charge is -2.16. The van der Waals surface area contributed by atoms with Crippen LogP contribution in [0.1, 0.15) is 10.4 Å². The van der Waals surface area contributed by atoms with Crippen molar-refractivity contribution in [1.82, 2.24) is 0 Å². The highest BCUT2D eigenvalue weighted by Gasteiger charge is 2.22. The van der Waals surface area contributed by atoms with Crippen LogP contribution in [0.25, 0.3) is 33.0 Å². The number of fused-ring (bicyclic) bond motifs is 1. The van der Waals surface area contributed by atoms with Crippen molar-refractivity contribution >= 4 is 39.7 Å². The van der Waals surface area contributed by atoms with E-state index < -0.39 is 5.97 Å². The molecular weight excluding hydrogens is 451 g/mol. The van der Waals surface area contributed by atoms with Gasteiger partial charge in [-0.15, -0.1) is 0 Å². The summed E-state index contributed by atoms with van der Waals surface area (Å²) in [6.45, 7) is 0. The molecule has 0 aliphatic rings. The number of hydrogen-bond acceptors (Lipinski definition) is 2. The molecule has 0 radical (unpaired) electrons. The average Bonchev–Trinajstić information content (AvgIpc) is 2.73. The van der Waals surface area contributed by atoms with E-state index in [4.69, 9.17) is 3.07 Å². The van der Waals surface area contributed by atoms with Gasteiger partial charge in [0.15, 0.2) is 28.8 Å². The fourth-order valence-corrected chi connectivity index (χ4v) is 3.86. The van der Waals surface area contributed by atoms with E-state index in [-0.39, 0.29) is 5.56 Å². The monoisotopic (exact) mass is 466 g/mol. The molecule has 132 valence electrons. The number of benzene rings is 4. The molecule has 0 saturated carbocycles. The summed E-state index contributed by atoms with van der Waals surface area (Å²) < 4.78 is 5.56. The second kappa shape index (κ2) is 7.40. The molecule has 0 saturated heterocycles. The van der Waals surface area contributed by atoms with E-state index in [2.05, 4.69) is 0 Å². The molecule has 0 unspecified atom stereocenters. The fourth-order valence-electron chi connectivity index (χ4n) is 3.40. The third-order valence-electron chi connectivity index (χ3n) is 4.60. The molecule has 0 aliphatic carbocycles. The number of rotatable bonds is 4. The highest BCUT2D eigenvalue weighted by atomic mass is 127. The quantitative estimate of drug-likeness (QED) is 0.345. The Bertz CT molecular complexity index is 1120. The highest BCUT2D eigenvalue weighted by Crippen LogP contribution is 2.42.